The fourth-order valence-electron chi connectivity index (χ4n) is 2.31. The van der Waals surface area contributed by atoms with Crippen molar-refractivity contribution in [3.8, 4) is 0 Å². The highest BCUT2D eigenvalue weighted by molar-refractivity contribution is 14.0. The molecule has 1 unspecified atom stereocenters. The molecule has 1 heterocycles. The van der Waals surface area contributed by atoms with Crippen LogP contribution < -0.4 is 10.6 Å². The van der Waals surface area contributed by atoms with Crippen molar-refractivity contribution in [2.75, 3.05) is 26.7 Å². The molecule has 0 saturated carbocycles. The van der Waals surface area contributed by atoms with Crippen LogP contribution in [0.5, 0.6) is 0 Å². The summed E-state index contributed by atoms with van der Waals surface area (Å²) in [4.78, 5) is 6.79. The van der Waals surface area contributed by atoms with Crippen LogP contribution in [-0.4, -0.2) is 43.1 Å². The standard InChI is InChI=1S/C16H30N4S.HI/c1-7-20(8-2)14(13-9-10-21-12-13)11-18-15(17-6)19-16(3,4)5;/h9-10,12,14H,7-8,11H2,1-6H3,(H2,17,18,19);1H. The van der Waals surface area contributed by atoms with Gasteiger partial charge < -0.3 is 10.6 Å². The lowest BCUT2D eigenvalue weighted by Gasteiger charge is -2.31. The van der Waals surface area contributed by atoms with Gasteiger partial charge in [-0.25, -0.2) is 0 Å². The molecule has 1 atom stereocenters. The Morgan fingerprint density at radius 2 is 1.95 bits per heavy atom. The Labute approximate surface area is 156 Å². The molecule has 0 amide bonds. The van der Waals surface area contributed by atoms with Gasteiger partial charge in [0.05, 0.1) is 6.04 Å². The highest BCUT2D eigenvalue weighted by Gasteiger charge is 2.19. The maximum atomic E-state index is 4.32. The lowest BCUT2D eigenvalue weighted by molar-refractivity contribution is 0.219. The van der Waals surface area contributed by atoms with Gasteiger partial charge in [-0.05, 0) is 56.3 Å². The molecule has 1 aromatic heterocycles. The summed E-state index contributed by atoms with van der Waals surface area (Å²) in [5, 5.41) is 11.3. The van der Waals surface area contributed by atoms with Crippen molar-refractivity contribution in [3.63, 3.8) is 0 Å². The summed E-state index contributed by atoms with van der Waals surface area (Å²) in [6, 6.07) is 2.60. The van der Waals surface area contributed by atoms with E-state index in [-0.39, 0.29) is 29.5 Å². The minimum absolute atomic E-state index is 0. The van der Waals surface area contributed by atoms with Crippen molar-refractivity contribution in [3.05, 3.63) is 22.4 Å². The Bertz CT molecular complexity index is 422. The second kappa shape index (κ2) is 10.4. The van der Waals surface area contributed by atoms with Crippen LogP contribution in [0.15, 0.2) is 21.8 Å². The van der Waals surface area contributed by atoms with Gasteiger partial charge in [-0.1, -0.05) is 13.8 Å². The number of aliphatic imine (C=N–C) groups is 1. The molecule has 0 radical (unpaired) electrons. The van der Waals surface area contributed by atoms with E-state index in [1.165, 1.54) is 5.56 Å². The van der Waals surface area contributed by atoms with E-state index in [1.54, 1.807) is 11.3 Å². The molecule has 4 nitrogen and oxygen atoms in total. The third-order valence-electron chi connectivity index (χ3n) is 3.36. The van der Waals surface area contributed by atoms with Crippen LogP contribution in [0.4, 0.5) is 0 Å². The quantitative estimate of drug-likeness (QED) is 0.404. The molecule has 2 N–H and O–H groups in total. The molecule has 1 rings (SSSR count). The van der Waals surface area contributed by atoms with E-state index in [0.717, 1.165) is 25.6 Å². The number of guanidine groups is 1. The summed E-state index contributed by atoms with van der Waals surface area (Å²) in [5.74, 6) is 0.856. The fourth-order valence-corrected chi connectivity index (χ4v) is 3.02. The topological polar surface area (TPSA) is 39.7 Å². The van der Waals surface area contributed by atoms with Crippen LogP contribution in [-0.2, 0) is 0 Å². The molecule has 0 fully saturated rings. The number of likely N-dealkylation sites (N-methyl/N-ethyl adjacent to an activating group) is 1. The van der Waals surface area contributed by atoms with Gasteiger partial charge >= 0.3 is 0 Å². The van der Waals surface area contributed by atoms with Crippen LogP contribution in [0, 0.1) is 0 Å². The largest absolute Gasteiger partial charge is 0.354 e. The Morgan fingerprint density at radius 1 is 1.32 bits per heavy atom. The number of nitrogens with one attached hydrogen (secondary N) is 2. The molecule has 0 saturated heterocycles. The normalized spacial score (nSPS) is 13.7. The van der Waals surface area contributed by atoms with Crippen LogP contribution in [0.1, 0.15) is 46.2 Å². The van der Waals surface area contributed by atoms with Crippen LogP contribution in [0.25, 0.3) is 0 Å². The van der Waals surface area contributed by atoms with Crippen molar-refractivity contribution in [2.45, 2.75) is 46.2 Å². The van der Waals surface area contributed by atoms with Crippen LogP contribution >= 0.6 is 35.3 Å². The Kier molecular flexibility index (Phi) is 10.3. The number of hydrogen-bond donors (Lipinski definition) is 2. The molecule has 0 aromatic carbocycles. The summed E-state index contributed by atoms with van der Waals surface area (Å²) in [6.07, 6.45) is 0. The summed E-state index contributed by atoms with van der Waals surface area (Å²) >= 11 is 1.76. The smallest absolute Gasteiger partial charge is 0.191 e. The Hall–Kier alpha value is -0.340. The van der Waals surface area contributed by atoms with Crippen molar-refractivity contribution < 1.29 is 0 Å². The SMILES string of the molecule is CCN(CC)C(CNC(=NC)NC(C)(C)C)c1ccsc1.I. The van der Waals surface area contributed by atoms with Crippen LogP contribution in [0.2, 0.25) is 0 Å². The summed E-state index contributed by atoms with van der Waals surface area (Å²) in [5.41, 5.74) is 1.39. The van der Waals surface area contributed by atoms with Gasteiger partial charge in [0.15, 0.2) is 5.96 Å². The average molecular weight is 438 g/mol. The molecule has 0 aliphatic carbocycles. The highest BCUT2D eigenvalue weighted by atomic mass is 127. The van der Waals surface area contributed by atoms with Crippen molar-refractivity contribution in [1.82, 2.24) is 15.5 Å². The van der Waals surface area contributed by atoms with Gasteiger partial charge in [0.25, 0.3) is 0 Å². The maximum absolute atomic E-state index is 4.32. The van der Waals surface area contributed by atoms with Crippen LogP contribution in [0.3, 0.4) is 0 Å². The molecule has 1 aromatic rings. The Balaban J connectivity index is 0.00000441. The predicted molar refractivity (Wildman–Crippen MR) is 110 cm³/mol. The molecule has 0 aliphatic rings. The molecule has 0 spiro atoms. The monoisotopic (exact) mass is 438 g/mol. The van der Waals surface area contributed by atoms with E-state index in [0.29, 0.717) is 6.04 Å². The highest BCUT2D eigenvalue weighted by Crippen LogP contribution is 2.22. The lowest BCUT2D eigenvalue weighted by atomic mass is 10.1. The van der Waals surface area contributed by atoms with Gasteiger partial charge in [0, 0.05) is 19.1 Å². The van der Waals surface area contributed by atoms with Gasteiger partial charge in [-0.2, -0.15) is 11.3 Å². The first-order chi connectivity index (χ1) is 9.91. The summed E-state index contributed by atoms with van der Waals surface area (Å²) in [7, 11) is 1.82. The number of nitrogens with zero attached hydrogens (tertiary/aromatic N) is 2. The predicted octanol–water partition coefficient (Wildman–Crippen LogP) is 3.71. The third kappa shape index (κ3) is 7.28. The summed E-state index contributed by atoms with van der Waals surface area (Å²) < 4.78 is 0. The van der Waals surface area contributed by atoms with Gasteiger partial charge in [0.1, 0.15) is 0 Å². The van der Waals surface area contributed by atoms with Gasteiger partial charge in [0.2, 0.25) is 0 Å². The number of thiophene rings is 1. The maximum Gasteiger partial charge on any atom is 0.191 e. The van der Waals surface area contributed by atoms with Crippen molar-refractivity contribution in [2.24, 2.45) is 4.99 Å². The molecule has 22 heavy (non-hydrogen) atoms. The molecular formula is C16H31IN4S. The third-order valence-corrected chi connectivity index (χ3v) is 4.06. The second-order valence-corrected chi connectivity index (χ2v) is 6.90. The first-order valence-electron chi connectivity index (χ1n) is 7.66. The minimum atomic E-state index is 0. The average Bonchev–Trinajstić information content (AvgIpc) is 2.94. The number of halogens is 1. The fraction of sp³-hybridized carbons (Fsp3) is 0.688. The first kappa shape index (κ1) is 21.7. The van der Waals surface area contributed by atoms with Crippen molar-refractivity contribution >= 4 is 41.3 Å². The lowest BCUT2D eigenvalue weighted by Crippen LogP contribution is -2.49. The zero-order chi connectivity index (χ0) is 15.9. The number of hydrogen-bond acceptors (Lipinski definition) is 3. The number of rotatable bonds is 6. The van der Waals surface area contributed by atoms with E-state index in [9.17, 15) is 0 Å². The van der Waals surface area contributed by atoms with Gasteiger partial charge in [-0.3, -0.25) is 9.89 Å². The molecule has 6 heteroatoms. The molecular weight excluding hydrogens is 407 g/mol. The zero-order valence-electron chi connectivity index (χ0n) is 14.6. The van der Waals surface area contributed by atoms with E-state index in [1.807, 2.05) is 7.05 Å². The molecule has 0 aliphatic heterocycles. The van der Waals surface area contributed by atoms with Gasteiger partial charge in [-0.15, -0.1) is 24.0 Å². The van der Waals surface area contributed by atoms with E-state index in [2.05, 4.69) is 72.0 Å². The second-order valence-electron chi connectivity index (χ2n) is 6.12. The summed E-state index contributed by atoms with van der Waals surface area (Å²) in [6.45, 7) is 13.8. The first-order valence-corrected chi connectivity index (χ1v) is 8.60. The molecule has 0 bridgehead atoms. The molecule has 128 valence electrons. The zero-order valence-corrected chi connectivity index (χ0v) is 17.8. The van der Waals surface area contributed by atoms with E-state index < -0.39 is 0 Å². The minimum Gasteiger partial charge on any atom is -0.354 e. The Morgan fingerprint density at radius 3 is 2.36 bits per heavy atom. The van der Waals surface area contributed by atoms with Crippen molar-refractivity contribution in [1.29, 1.82) is 0 Å². The van der Waals surface area contributed by atoms with E-state index >= 15 is 0 Å². The van der Waals surface area contributed by atoms with E-state index in [4.69, 9.17) is 0 Å².